The number of methoxy groups -OCH3 is 3. The largest absolute Gasteiger partial charge is 0.503 e. The van der Waals surface area contributed by atoms with Gasteiger partial charge in [-0.3, -0.25) is 9.59 Å². The molecule has 1 aromatic heterocycles. The van der Waals surface area contributed by atoms with Gasteiger partial charge in [0.2, 0.25) is 5.78 Å². The molecule has 1 aliphatic rings. The summed E-state index contributed by atoms with van der Waals surface area (Å²) in [4.78, 5) is 28.5. The summed E-state index contributed by atoms with van der Waals surface area (Å²) >= 11 is 1.25. The molecule has 0 radical (unpaired) electrons. The number of nitrogens with zero attached hydrogens (tertiary/aromatic N) is 1. The lowest BCUT2D eigenvalue weighted by atomic mass is 9.94. The highest BCUT2D eigenvalue weighted by molar-refractivity contribution is 7.12. The third-order valence-corrected chi connectivity index (χ3v) is 6.42. The van der Waals surface area contributed by atoms with Crippen molar-refractivity contribution in [2.24, 2.45) is 0 Å². The summed E-state index contributed by atoms with van der Waals surface area (Å²) in [6.45, 7) is 0.132. The molecule has 0 spiro atoms. The van der Waals surface area contributed by atoms with Crippen LogP contribution in [0.3, 0.4) is 0 Å². The van der Waals surface area contributed by atoms with Crippen LogP contribution in [0.15, 0.2) is 71.3 Å². The second-order valence-corrected chi connectivity index (χ2v) is 8.28. The maximum atomic E-state index is 13.4. The molecule has 0 saturated carbocycles. The Labute approximate surface area is 195 Å². The van der Waals surface area contributed by atoms with Gasteiger partial charge in [0.05, 0.1) is 44.4 Å². The minimum Gasteiger partial charge on any atom is -0.503 e. The van der Waals surface area contributed by atoms with Gasteiger partial charge in [0.1, 0.15) is 5.75 Å². The van der Waals surface area contributed by atoms with Crippen LogP contribution in [-0.4, -0.2) is 43.0 Å². The van der Waals surface area contributed by atoms with Crippen LogP contribution in [0, 0.1) is 0 Å². The van der Waals surface area contributed by atoms with E-state index < -0.39 is 23.5 Å². The first-order chi connectivity index (χ1) is 16.0. The molecule has 170 valence electrons. The minimum absolute atomic E-state index is 0.0320. The standard InChI is InChI=1S/C25H23NO6S/c1-30-17-8-5-4-7-16(17)14-26-22(15-10-11-18(31-2)19(13-15)32-3)21(24(28)25(26)29)23(27)20-9-6-12-33-20/h4-13,22,28H,14H2,1-3H3. The minimum atomic E-state index is -0.822. The molecular formula is C25H23NO6S. The number of rotatable bonds is 8. The number of carbonyl (C=O) groups excluding carboxylic acids is 2. The Morgan fingerprint density at radius 1 is 0.970 bits per heavy atom. The summed E-state index contributed by atoms with van der Waals surface area (Å²) in [6.07, 6.45) is 0. The van der Waals surface area contributed by atoms with E-state index in [0.29, 0.717) is 27.7 Å². The molecule has 1 atom stereocenters. The molecule has 33 heavy (non-hydrogen) atoms. The van der Waals surface area contributed by atoms with Crippen molar-refractivity contribution in [2.75, 3.05) is 21.3 Å². The first kappa shape index (κ1) is 22.4. The molecule has 4 rings (SSSR count). The molecular weight excluding hydrogens is 442 g/mol. The SMILES string of the molecule is COc1ccccc1CN1C(=O)C(O)=C(C(=O)c2cccs2)C1c1ccc(OC)c(OC)c1. The van der Waals surface area contributed by atoms with E-state index in [0.717, 1.165) is 5.56 Å². The number of ether oxygens (including phenoxy) is 3. The van der Waals surface area contributed by atoms with E-state index in [-0.39, 0.29) is 12.1 Å². The zero-order valence-electron chi connectivity index (χ0n) is 18.4. The molecule has 7 nitrogen and oxygen atoms in total. The average Bonchev–Trinajstić information content (AvgIpc) is 3.47. The molecule has 0 aliphatic carbocycles. The third kappa shape index (κ3) is 4.05. The number of ketones is 1. The number of hydrogen-bond donors (Lipinski definition) is 1. The number of hydrogen-bond acceptors (Lipinski definition) is 7. The molecule has 1 aliphatic heterocycles. The van der Waals surface area contributed by atoms with Crippen LogP contribution in [0.2, 0.25) is 0 Å². The number of aliphatic hydroxyl groups excluding tert-OH is 1. The van der Waals surface area contributed by atoms with Gasteiger partial charge in [-0.2, -0.15) is 0 Å². The summed E-state index contributed by atoms with van der Waals surface area (Å²) in [6, 6.07) is 15.1. The Morgan fingerprint density at radius 2 is 1.70 bits per heavy atom. The normalized spacial score (nSPS) is 15.7. The van der Waals surface area contributed by atoms with E-state index in [4.69, 9.17) is 14.2 Å². The van der Waals surface area contributed by atoms with E-state index in [1.165, 1.54) is 30.5 Å². The highest BCUT2D eigenvalue weighted by Crippen LogP contribution is 2.43. The number of Topliss-reactive ketones (excluding diaryl/α,β-unsaturated/α-hetero) is 1. The molecule has 3 aromatic rings. The average molecular weight is 466 g/mol. The Morgan fingerprint density at radius 3 is 2.36 bits per heavy atom. The van der Waals surface area contributed by atoms with Gasteiger partial charge < -0.3 is 24.2 Å². The molecule has 2 heterocycles. The van der Waals surface area contributed by atoms with Crippen LogP contribution >= 0.6 is 11.3 Å². The van der Waals surface area contributed by atoms with Gasteiger partial charge in [-0.05, 0) is 35.2 Å². The first-order valence-electron chi connectivity index (χ1n) is 10.2. The van der Waals surface area contributed by atoms with Crippen LogP contribution < -0.4 is 14.2 Å². The number of carbonyl (C=O) groups is 2. The highest BCUT2D eigenvalue weighted by atomic mass is 32.1. The number of para-hydroxylation sites is 1. The molecule has 1 unspecified atom stereocenters. The van der Waals surface area contributed by atoms with E-state index in [9.17, 15) is 14.7 Å². The summed E-state index contributed by atoms with van der Waals surface area (Å²) in [7, 11) is 4.60. The van der Waals surface area contributed by atoms with Crippen molar-refractivity contribution in [1.82, 2.24) is 4.90 Å². The van der Waals surface area contributed by atoms with E-state index in [2.05, 4.69) is 0 Å². The van der Waals surface area contributed by atoms with Crippen molar-refractivity contribution in [3.63, 3.8) is 0 Å². The second kappa shape index (κ2) is 9.38. The highest BCUT2D eigenvalue weighted by Gasteiger charge is 2.44. The lowest BCUT2D eigenvalue weighted by Crippen LogP contribution is -2.30. The predicted molar refractivity (Wildman–Crippen MR) is 124 cm³/mol. The zero-order chi connectivity index (χ0) is 23.5. The van der Waals surface area contributed by atoms with Crippen molar-refractivity contribution >= 4 is 23.0 Å². The zero-order valence-corrected chi connectivity index (χ0v) is 19.2. The van der Waals surface area contributed by atoms with Crippen molar-refractivity contribution in [3.05, 3.63) is 87.3 Å². The molecule has 1 N–H and O–H groups in total. The third-order valence-electron chi connectivity index (χ3n) is 5.55. The first-order valence-corrected chi connectivity index (χ1v) is 11.0. The summed E-state index contributed by atoms with van der Waals surface area (Å²) in [5, 5.41) is 12.6. The van der Waals surface area contributed by atoms with Gasteiger partial charge in [-0.1, -0.05) is 30.3 Å². The fraction of sp³-hybridized carbons (Fsp3) is 0.200. The molecule has 0 fully saturated rings. The lowest BCUT2D eigenvalue weighted by Gasteiger charge is -2.28. The summed E-state index contributed by atoms with van der Waals surface area (Å²) < 4.78 is 16.2. The van der Waals surface area contributed by atoms with Crippen LogP contribution in [0.25, 0.3) is 0 Å². The maximum absolute atomic E-state index is 13.4. The van der Waals surface area contributed by atoms with Crippen molar-refractivity contribution in [2.45, 2.75) is 12.6 Å². The molecule has 0 saturated heterocycles. The molecule has 8 heteroatoms. The monoisotopic (exact) mass is 465 g/mol. The van der Waals surface area contributed by atoms with Crippen LogP contribution in [0.4, 0.5) is 0 Å². The number of thiophene rings is 1. The Balaban J connectivity index is 1.84. The second-order valence-electron chi connectivity index (χ2n) is 7.33. The van der Waals surface area contributed by atoms with Gasteiger partial charge in [0.25, 0.3) is 5.91 Å². The topological polar surface area (TPSA) is 85.3 Å². The van der Waals surface area contributed by atoms with Crippen molar-refractivity contribution in [3.8, 4) is 17.2 Å². The van der Waals surface area contributed by atoms with E-state index >= 15 is 0 Å². The Kier molecular flexibility index (Phi) is 6.37. The molecule has 2 aromatic carbocycles. The Bertz CT molecular complexity index is 1220. The smallest absolute Gasteiger partial charge is 0.290 e. The number of aliphatic hydroxyl groups is 1. The number of amides is 1. The van der Waals surface area contributed by atoms with Crippen molar-refractivity contribution < 1.29 is 28.9 Å². The van der Waals surface area contributed by atoms with Crippen LogP contribution in [0.5, 0.6) is 17.2 Å². The fourth-order valence-corrected chi connectivity index (χ4v) is 4.65. The summed E-state index contributed by atoms with van der Waals surface area (Å²) in [5.74, 6) is 0.00548. The molecule has 0 bridgehead atoms. The summed E-state index contributed by atoms with van der Waals surface area (Å²) in [5.41, 5.74) is 1.39. The van der Waals surface area contributed by atoms with E-state index in [1.807, 2.05) is 18.2 Å². The maximum Gasteiger partial charge on any atom is 0.290 e. The van der Waals surface area contributed by atoms with Gasteiger partial charge in [-0.15, -0.1) is 11.3 Å². The van der Waals surface area contributed by atoms with Crippen molar-refractivity contribution in [1.29, 1.82) is 0 Å². The van der Waals surface area contributed by atoms with Gasteiger partial charge >= 0.3 is 0 Å². The Hall–Kier alpha value is -3.78. The van der Waals surface area contributed by atoms with E-state index in [1.54, 1.807) is 48.9 Å². The predicted octanol–water partition coefficient (Wildman–Crippen LogP) is 4.55. The fourth-order valence-electron chi connectivity index (χ4n) is 3.98. The van der Waals surface area contributed by atoms with Gasteiger partial charge in [-0.25, -0.2) is 0 Å². The van der Waals surface area contributed by atoms with Gasteiger partial charge in [0.15, 0.2) is 17.3 Å². The number of benzene rings is 2. The van der Waals surface area contributed by atoms with Crippen LogP contribution in [0.1, 0.15) is 26.8 Å². The lowest BCUT2D eigenvalue weighted by molar-refractivity contribution is -0.130. The molecule has 1 amide bonds. The quantitative estimate of drug-likeness (QED) is 0.491. The van der Waals surface area contributed by atoms with Crippen LogP contribution in [-0.2, 0) is 11.3 Å². The van der Waals surface area contributed by atoms with Gasteiger partial charge in [0, 0.05) is 5.56 Å².